The lowest BCUT2D eigenvalue weighted by molar-refractivity contribution is 0.0314. The second-order valence-electron chi connectivity index (χ2n) is 10.5. The standard InChI is InChI=1S/C32H33NO4/c1-4-5-6-11-23-22-13-12-20(31(34)37-15-14-36-3)17-24(22)28-26-18-33-32(2,35)30(26)29-21-10-8-7-9-19(21)16-25(29)27(23)28/h4,7-10,12-13,17,23,33,35H,1,5-6,11,14-16,18H2,2-3H3. The molecule has 190 valence electrons. The molecule has 0 aromatic heterocycles. The number of unbranched alkanes of at least 4 members (excludes halogenated alkanes) is 1. The molecule has 3 aliphatic rings. The van der Waals surface area contributed by atoms with E-state index in [0.29, 0.717) is 18.7 Å². The van der Waals surface area contributed by atoms with Gasteiger partial charge in [-0.15, -0.1) is 6.58 Å². The predicted molar refractivity (Wildman–Crippen MR) is 145 cm³/mol. The van der Waals surface area contributed by atoms with E-state index in [0.717, 1.165) is 42.4 Å². The maximum Gasteiger partial charge on any atom is 0.338 e. The highest BCUT2D eigenvalue weighted by atomic mass is 16.6. The Hall–Kier alpha value is -3.25. The Morgan fingerprint density at radius 1 is 1.16 bits per heavy atom. The van der Waals surface area contributed by atoms with Crippen LogP contribution in [-0.2, 0) is 28.2 Å². The Kier molecular flexibility index (Phi) is 6.03. The number of fused-ring (bicyclic) bond motifs is 10. The highest BCUT2D eigenvalue weighted by molar-refractivity contribution is 5.97. The summed E-state index contributed by atoms with van der Waals surface area (Å²) in [7, 11) is 1.59. The molecule has 2 aliphatic carbocycles. The fraction of sp³-hybridized carbons (Fsp3) is 0.344. The molecule has 37 heavy (non-hydrogen) atoms. The predicted octanol–water partition coefficient (Wildman–Crippen LogP) is 5.80. The molecule has 0 amide bonds. The van der Waals surface area contributed by atoms with E-state index in [-0.39, 0.29) is 18.5 Å². The molecule has 0 spiro atoms. The zero-order chi connectivity index (χ0) is 25.7. The van der Waals surface area contributed by atoms with Crippen molar-refractivity contribution in [1.29, 1.82) is 0 Å². The lowest BCUT2D eigenvalue weighted by Gasteiger charge is -2.25. The van der Waals surface area contributed by atoms with Gasteiger partial charge in [0.15, 0.2) is 0 Å². The lowest BCUT2D eigenvalue weighted by Crippen LogP contribution is -2.32. The van der Waals surface area contributed by atoms with Crippen LogP contribution < -0.4 is 5.32 Å². The summed E-state index contributed by atoms with van der Waals surface area (Å²) in [5.74, 6) is -0.103. The highest BCUT2D eigenvalue weighted by Gasteiger charge is 2.45. The van der Waals surface area contributed by atoms with Crippen molar-refractivity contribution in [2.24, 2.45) is 0 Å². The van der Waals surface area contributed by atoms with Crippen LogP contribution in [0.1, 0.15) is 75.8 Å². The molecule has 6 rings (SSSR count). The number of esters is 1. The fourth-order valence-corrected chi connectivity index (χ4v) is 6.65. The Morgan fingerprint density at radius 3 is 2.81 bits per heavy atom. The Labute approximate surface area is 218 Å². The fourth-order valence-electron chi connectivity index (χ4n) is 6.65. The molecule has 3 aromatic carbocycles. The first kappa shape index (κ1) is 24.1. The molecular formula is C32H33NO4. The van der Waals surface area contributed by atoms with Gasteiger partial charge in [-0.05, 0) is 94.8 Å². The largest absolute Gasteiger partial charge is 0.460 e. The van der Waals surface area contributed by atoms with Gasteiger partial charge >= 0.3 is 5.97 Å². The van der Waals surface area contributed by atoms with E-state index in [1.807, 2.05) is 25.1 Å². The third kappa shape index (κ3) is 3.76. The van der Waals surface area contributed by atoms with Crippen molar-refractivity contribution in [3.8, 4) is 22.3 Å². The highest BCUT2D eigenvalue weighted by Crippen LogP contribution is 2.58. The summed E-state index contributed by atoms with van der Waals surface area (Å²) in [5.41, 5.74) is 11.5. The maximum absolute atomic E-state index is 12.9. The van der Waals surface area contributed by atoms with Gasteiger partial charge in [-0.1, -0.05) is 36.4 Å². The number of carbonyl (C=O) groups excluding carboxylic acids is 1. The van der Waals surface area contributed by atoms with Crippen molar-refractivity contribution in [1.82, 2.24) is 5.32 Å². The van der Waals surface area contributed by atoms with E-state index in [9.17, 15) is 9.90 Å². The second kappa shape index (κ2) is 9.25. The van der Waals surface area contributed by atoms with E-state index in [1.165, 1.54) is 38.9 Å². The summed E-state index contributed by atoms with van der Waals surface area (Å²) >= 11 is 0. The molecule has 0 radical (unpaired) electrons. The maximum atomic E-state index is 12.9. The molecule has 2 atom stereocenters. The van der Waals surface area contributed by atoms with Gasteiger partial charge in [0.05, 0.1) is 12.2 Å². The zero-order valence-corrected chi connectivity index (χ0v) is 21.5. The van der Waals surface area contributed by atoms with Gasteiger partial charge in [0.1, 0.15) is 12.3 Å². The Bertz CT molecular complexity index is 1420. The van der Waals surface area contributed by atoms with Gasteiger partial charge in [0.2, 0.25) is 0 Å². The van der Waals surface area contributed by atoms with Crippen molar-refractivity contribution in [2.45, 2.75) is 50.8 Å². The van der Waals surface area contributed by atoms with Gasteiger partial charge in [-0.3, -0.25) is 5.32 Å². The third-order valence-electron chi connectivity index (χ3n) is 8.20. The molecule has 5 heteroatoms. The number of hydrogen-bond donors (Lipinski definition) is 2. The van der Waals surface area contributed by atoms with Crippen LogP contribution in [0, 0.1) is 0 Å². The molecule has 1 aliphatic heterocycles. The molecule has 2 unspecified atom stereocenters. The summed E-state index contributed by atoms with van der Waals surface area (Å²) in [6.07, 6.45) is 5.86. The SMILES string of the molecule is C=CCCCC1c2ccc(C(=O)OCCOC)cc2-c2c3c(c4c(c21)Cc1ccccc1-4)C(C)(O)NC3. The Morgan fingerprint density at radius 2 is 2.00 bits per heavy atom. The number of hydrogen-bond acceptors (Lipinski definition) is 5. The minimum atomic E-state index is -1.12. The van der Waals surface area contributed by atoms with Crippen LogP contribution >= 0.6 is 0 Å². The minimum Gasteiger partial charge on any atom is -0.460 e. The van der Waals surface area contributed by atoms with Crippen LogP contribution in [0.3, 0.4) is 0 Å². The molecule has 0 saturated heterocycles. The van der Waals surface area contributed by atoms with E-state index < -0.39 is 5.72 Å². The van der Waals surface area contributed by atoms with Gasteiger partial charge in [-0.2, -0.15) is 0 Å². The van der Waals surface area contributed by atoms with Crippen LogP contribution in [0.25, 0.3) is 22.3 Å². The van der Waals surface area contributed by atoms with Crippen LogP contribution in [0.4, 0.5) is 0 Å². The van der Waals surface area contributed by atoms with Crippen LogP contribution in [0.5, 0.6) is 0 Å². The summed E-state index contributed by atoms with van der Waals surface area (Å²) in [4.78, 5) is 12.9. The summed E-state index contributed by atoms with van der Waals surface area (Å²) in [6.45, 7) is 6.96. The second-order valence-corrected chi connectivity index (χ2v) is 10.5. The number of ether oxygens (including phenoxy) is 2. The summed E-state index contributed by atoms with van der Waals surface area (Å²) < 4.78 is 10.5. The van der Waals surface area contributed by atoms with Gasteiger partial charge in [0.25, 0.3) is 0 Å². The molecule has 1 heterocycles. The topological polar surface area (TPSA) is 67.8 Å². The summed E-state index contributed by atoms with van der Waals surface area (Å²) in [6, 6.07) is 14.6. The number of allylic oxidation sites excluding steroid dienone is 1. The van der Waals surface area contributed by atoms with E-state index in [2.05, 4.69) is 42.2 Å². The van der Waals surface area contributed by atoms with Crippen molar-refractivity contribution in [2.75, 3.05) is 20.3 Å². The van der Waals surface area contributed by atoms with E-state index >= 15 is 0 Å². The molecule has 5 nitrogen and oxygen atoms in total. The van der Waals surface area contributed by atoms with Gasteiger partial charge in [0, 0.05) is 25.1 Å². The van der Waals surface area contributed by atoms with Crippen molar-refractivity contribution < 1.29 is 19.4 Å². The number of aliphatic hydroxyl groups is 1. The number of nitrogens with one attached hydrogen (secondary N) is 1. The first-order chi connectivity index (χ1) is 18.0. The Balaban J connectivity index is 1.57. The molecule has 2 N–H and O–H groups in total. The zero-order valence-electron chi connectivity index (χ0n) is 21.5. The summed E-state index contributed by atoms with van der Waals surface area (Å²) in [5, 5.41) is 14.9. The smallest absolute Gasteiger partial charge is 0.338 e. The van der Waals surface area contributed by atoms with Crippen LogP contribution in [0.15, 0.2) is 55.1 Å². The normalized spacial score (nSPS) is 20.1. The average Bonchev–Trinajstić information content (AvgIpc) is 3.53. The molecule has 3 aromatic rings. The van der Waals surface area contributed by atoms with Gasteiger partial charge in [-0.25, -0.2) is 4.79 Å². The van der Waals surface area contributed by atoms with Crippen molar-refractivity contribution in [3.05, 3.63) is 94.1 Å². The number of benzene rings is 3. The molecule has 0 saturated carbocycles. The lowest BCUT2D eigenvalue weighted by atomic mass is 9.81. The van der Waals surface area contributed by atoms with Crippen LogP contribution in [0.2, 0.25) is 0 Å². The van der Waals surface area contributed by atoms with Crippen molar-refractivity contribution in [3.63, 3.8) is 0 Å². The number of carbonyl (C=O) groups is 1. The average molecular weight is 496 g/mol. The first-order valence-electron chi connectivity index (χ1n) is 13.1. The van der Waals surface area contributed by atoms with Crippen molar-refractivity contribution >= 4 is 5.97 Å². The first-order valence-corrected chi connectivity index (χ1v) is 13.1. The number of methoxy groups -OCH3 is 1. The quantitative estimate of drug-likeness (QED) is 0.184. The monoisotopic (exact) mass is 495 g/mol. The molecule has 0 fully saturated rings. The molecular weight excluding hydrogens is 462 g/mol. The molecule has 0 bridgehead atoms. The third-order valence-corrected chi connectivity index (χ3v) is 8.20. The van der Waals surface area contributed by atoms with Gasteiger partial charge < -0.3 is 14.6 Å². The van der Waals surface area contributed by atoms with Crippen LogP contribution in [-0.4, -0.2) is 31.4 Å². The minimum absolute atomic E-state index is 0.223. The van der Waals surface area contributed by atoms with E-state index in [1.54, 1.807) is 7.11 Å². The number of rotatable bonds is 8. The van der Waals surface area contributed by atoms with E-state index in [4.69, 9.17) is 9.47 Å².